The summed E-state index contributed by atoms with van der Waals surface area (Å²) < 4.78 is 0. The Morgan fingerprint density at radius 1 is 1.08 bits per heavy atom. The highest BCUT2D eigenvalue weighted by atomic mass is 35.5. The van der Waals surface area contributed by atoms with Crippen molar-refractivity contribution < 1.29 is 4.79 Å². The van der Waals surface area contributed by atoms with Gasteiger partial charge in [-0.3, -0.25) is 9.69 Å². The number of nitrogens with zero attached hydrogens (tertiary/aromatic N) is 1. The smallest absolute Gasteiger partial charge is 0.255 e. The third kappa shape index (κ3) is 4.37. The molecule has 3 nitrogen and oxygen atoms in total. The SMILES string of the molecule is Cc1ccc(Cl)cc1NC(=O)c1ccc(CN2CCCCC2)cc1. The first kappa shape index (κ1) is 17.0. The highest BCUT2D eigenvalue weighted by Gasteiger charge is 2.12. The highest BCUT2D eigenvalue weighted by molar-refractivity contribution is 6.31. The predicted octanol–water partition coefficient (Wildman–Crippen LogP) is 4.89. The molecule has 1 fully saturated rings. The van der Waals surface area contributed by atoms with Gasteiger partial charge in [0.1, 0.15) is 0 Å². The maximum absolute atomic E-state index is 12.4. The van der Waals surface area contributed by atoms with E-state index < -0.39 is 0 Å². The van der Waals surface area contributed by atoms with Crippen molar-refractivity contribution in [3.63, 3.8) is 0 Å². The fourth-order valence-corrected chi connectivity index (χ4v) is 3.23. The van der Waals surface area contributed by atoms with Crippen molar-refractivity contribution in [3.05, 3.63) is 64.2 Å². The normalized spacial score (nSPS) is 15.2. The Morgan fingerprint density at radius 2 is 1.79 bits per heavy atom. The Hall–Kier alpha value is -1.84. The number of hydrogen-bond donors (Lipinski definition) is 1. The molecule has 24 heavy (non-hydrogen) atoms. The first-order valence-corrected chi connectivity index (χ1v) is 8.88. The highest BCUT2D eigenvalue weighted by Crippen LogP contribution is 2.21. The number of rotatable bonds is 4. The van der Waals surface area contributed by atoms with E-state index in [4.69, 9.17) is 11.6 Å². The van der Waals surface area contributed by atoms with Gasteiger partial charge in [-0.05, 0) is 68.2 Å². The Morgan fingerprint density at radius 3 is 2.50 bits per heavy atom. The molecule has 1 aliphatic rings. The molecule has 0 bridgehead atoms. The zero-order valence-corrected chi connectivity index (χ0v) is 14.8. The third-order valence-electron chi connectivity index (χ3n) is 4.52. The van der Waals surface area contributed by atoms with Gasteiger partial charge in [-0.25, -0.2) is 0 Å². The molecule has 2 aromatic rings. The largest absolute Gasteiger partial charge is 0.322 e. The fourth-order valence-electron chi connectivity index (χ4n) is 3.06. The number of carbonyl (C=O) groups is 1. The quantitative estimate of drug-likeness (QED) is 0.858. The minimum absolute atomic E-state index is 0.107. The Balaban J connectivity index is 1.64. The number of piperidine rings is 1. The van der Waals surface area contributed by atoms with Crippen LogP contribution in [0.2, 0.25) is 5.02 Å². The van der Waals surface area contributed by atoms with E-state index in [0.29, 0.717) is 10.6 Å². The van der Waals surface area contributed by atoms with Gasteiger partial charge in [0, 0.05) is 22.8 Å². The lowest BCUT2D eigenvalue weighted by Gasteiger charge is -2.26. The van der Waals surface area contributed by atoms with Gasteiger partial charge in [0.25, 0.3) is 5.91 Å². The van der Waals surface area contributed by atoms with Gasteiger partial charge in [0.15, 0.2) is 0 Å². The lowest BCUT2D eigenvalue weighted by Crippen LogP contribution is -2.29. The van der Waals surface area contributed by atoms with E-state index in [-0.39, 0.29) is 5.91 Å². The van der Waals surface area contributed by atoms with Crippen LogP contribution in [0.1, 0.15) is 40.7 Å². The molecule has 1 saturated heterocycles. The van der Waals surface area contributed by atoms with E-state index in [1.54, 1.807) is 6.07 Å². The van der Waals surface area contributed by atoms with Crippen LogP contribution in [0.5, 0.6) is 0 Å². The van der Waals surface area contributed by atoms with E-state index in [1.807, 2.05) is 43.3 Å². The monoisotopic (exact) mass is 342 g/mol. The molecule has 2 aromatic carbocycles. The van der Waals surface area contributed by atoms with Crippen LogP contribution in [0.15, 0.2) is 42.5 Å². The minimum Gasteiger partial charge on any atom is -0.322 e. The number of amides is 1. The summed E-state index contributed by atoms with van der Waals surface area (Å²) in [6.07, 6.45) is 3.93. The van der Waals surface area contributed by atoms with E-state index in [9.17, 15) is 4.79 Å². The summed E-state index contributed by atoms with van der Waals surface area (Å²) in [4.78, 5) is 14.9. The second-order valence-electron chi connectivity index (χ2n) is 6.45. The van der Waals surface area contributed by atoms with Gasteiger partial charge >= 0.3 is 0 Å². The van der Waals surface area contributed by atoms with Crippen molar-refractivity contribution in [2.24, 2.45) is 0 Å². The van der Waals surface area contributed by atoms with Gasteiger partial charge in [-0.2, -0.15) is 0 Å². The average Bonchev–Trinajstić information content (AvgIpc) is 2.60. The Kier molecular flexibility index (Phi) is 5.54. The lowest BCUT2D eigenvalue weighted by molar-refractivity contribution is 0.102. The summed E-state index contributed by atoms with van der Waals surface area (Å²) in [6.45, 7) is 5.27. The van der Waals surface area contributed by atoms with Crippen molar-refractivity contribution >= 4 is 23.2 Å². The van der Waals surface area contributed by atoms with E-state index in [2.05, 4.69) is 10.2 Å². The van der Waals surface area contributed by atoms with Crippen molar-refractivity contribution in [3.8, 4) is 0 Å². The maximum Gasteiger partial charge on any atom is 0.255 e. The zero-order chi connectivity index (χ0) is 16.9. The van der Waals surface area contributed by atoms with Crippen molar-refractivity contribution in [2.45, 2.75) is 32.7 Å². The number of carbonyl (C=O) groups excluding carboxylic acids is 1. The Bertz CT molecular complexity index is 706. The van der Waals surface area contributed by atoms with Gasteiger partial charge in [0.05, 0.1) is 0 Å². The molecule has 0 spiro atoms. The molecule has 0 unspecified atom stereocenters. The number of halogens is 1. The molecule has 0 aromatic heterocycles. The van der Waals surface area contributed by atoms with Crippen molar-refractivity contribution in [1.82, 2.24) is 4.90 Å². The molecule has 1 aliphatic heterocycles. The molecule has 0 aliphatic carbocycles. The van der Waals surface area contributed by atoms with Crippen LogP contribution in [-0.4, -0.2) is 23.9 Å². The summed E-state index contributed by atoms with van der Waals surface area (Å²) in [7, 11) is 0. The molecule has 0 atom stereocenters. The first-order chi connectivity index (χ1) is 11.6. The third-order valence-corrected chi connectivity index (χ3v) is 4.75. The average molecular weight is 343 g/mol. The van der Waals surface area contributed by atoms with E-state index >= 15 is 0 Å². The predicted molar refractivity (Wildman–Crippen MR) is 99.7 cm³/mol. The van der Waals surface area contributed by atoms with Crippen LogP contribution >= 0.6 is 11.6 Å². The van der Waals surface area contributed by atoms with E-state index in [0.717, 1.165) is 17.8 Å². The molecule has 0 radical (unpaired) electrons. The second kappa shape index (κ2) is 7.82. The molecule has 3 rings (SSSR count). The topological polar surface area (TPSA) is 32.3 Å². The number of benzene rings is 2. The van der Waals surface area contributed by atoms with Crippen LogP contribution in [0.25, 0.3) is 0 Å². The van der Waals surface area contributed by atoms with Crippen LogP contribution in [0.3, 0.4) is 0 Å². The number of nitrogens with one attached hydrogen (secondary N) is 1. The van der Waals surface area contributed by atoms with Crippen molar-refractivity contribution in [2.75, 3.05) is 18.4 Å². The molecule has 1 amide bonds. The minimum atomic E-state index is -0.107. The summed E-state index contributed by atoms with van der Waals surface area (Å²) in [6, 6.07) is 13.4. The second-order valence-corrected chi connectivity index (χ2v) is 6.88. The molecule has 126 valence electrons. The van der Waals surface area contributed by atoms with Crippen LogP contribution in [-0.2, 0) is 6.54 Å². The summed E-state index contributed by atoms with van der Waals surface area (Å²) in [5, 5.41) is 3.55. The summed E-state index contributed by atoms with van der Waals surface area (Å²) >= 11 is 6.00. The standard InChI is InChI=1S/C20H23ClN2O/c1-15-5-10-18(21)13-19(15)22-20(24)17-8-6-16(7-9-17)14-23-11-3-2-4-12-23/h5-10,13H,2-4,11-12,14H2,1H3,(H,22,24). The first-order valence-electron chi connectivity index (χ1n) is 8.50. The van der Waals surface area contributed by atoms with Crippen LogP contribution in [0.4, 0.5) is 5.69 Å². The number of anilines is 1. The lowest BCUT2D eigenvalue weighted by atomic mass is 10.1. The Labute approximate surface area is 148 Å². The molecular formula is C20H23ClN2O. The zero-order valence-electron chi connectivity index (χ0n) is 14.0. The number of hydrogen-bond acceptors (Lipinski definition) is 2. The van der Waals surface area contributed by atoms with Crippen LogP contribution < -0.4 is 5.32 Å². The number of likely N-dealkylation sites (tertiary alicyclic amines) is 1. The molecule has 1 heterocycles. The van der Waals surface area contributed by atoms with Gasteiger partial charge < -0.3 is 5.32 Å². The van der Waals surface area contributed by atoms with Gasteiger partial charge in [-0.15, -0.1) is 0 Å². The summed E-state index contributed by atoms with van der Waals surface area (Å²) in [5.74, 6) is -0.107. The molecule has 0 saturated carbocycles. The maximum atomic E-state index is 12.4. The molecule has 4 heteroatoms. The number of aryl methyl sites for hydroxylation is 1. The molecular weight excluding hydrogens is 320 g/mol. The van der Waals surface area contributed by atoms with Gasteiger partial charge in [-0.1, -0.05) is 36.2 Å². The summed E-state index contributed by atoms with van der Waals surface area (Å²) in [5.41, 5.74) is 3.67. The fraction of sp³-hybridized carbons (Fsp3) is 0.350. The van der Waals surface area contributed by atoms with E-state index in [1.165, 1.54) is 37.9 Å². The van der Waals surface area contributed by atoms with Gasteiger partial charge in [0.2, 0.25) is 0 Å². The van der Waals surface area contributed by atoms with Crippen LogP contribution in [0, 0.1) is 6.92 Å². The molecule has 1 N–H and O–H groups in total. The van der Waals surface area contributed by atoms with Crippen molar-refractivity contribution in [1.29, 1.82) is 0 Å².